The van der Waals surface area contributed by atoms with E-state index in [9.17, 15) is 9.59 Å². The number of nitrogens with one attached hydrogen (secondary N) is 1. The number of ketones is 1. The van der Waals surface area contributed by atoms with Gasteiger partial charge < -0.3 is 14.6 Å². The lowest BCUT2D eigenvalue weighted by Crippen LogP contribution is -2.34. The van der Waals surface area contributed by atoms with Gasteiger partial charge in [0.1, 0.15) is 11.9 Å². The molecule has 1 amide bonds. The van der Waals surface area contributed by atoms with Crippen molar-refractivity contribution >= 4 is 22.7 Å². The van der Waals surface area contributed by atoms with Crippen LogP contribution in [0.1, 0.15) is 57.8 Å². The number of hydrogen-bond donors (Lipinski definition) is 1. The first kappa shape index (κ1) is 19.5. The van der Waals surface area contributed by atoms with Gasteiger partial charge in [-0.15, -0.1) is 0 Å². The van der Waals surface area contributed by atoms with Gasteiger partial charge in [-0.25, -0.2) is 4.98 Å². The molecule has 3 rings (SSSR count). The maximum Gasteiger partial charge on any atom is 0.249 e. The summed E-state index contributed by atoms with van der Waals surface area (Å²) >= 11 is 0. The van der Waals surface area contributed by atoms with Crippen molar-refractivity contribution in [1.82, 2.24) is 14.9 Å². The van der Waals surface area contributed by atoms with E-state index in [-0.39, 0.29) is 23.8 Å². The predicted molar refractivity (Wildman–Crippen MR) is 105 cm³/mol. The number of aryl methyl sites for hydroxylation is 1. The number of unbranched alkanes of at least 4 members (excludes halogenated alkanes) is 2. The Bertz CT molecular complexity index is 793. The molecule has 0 spiro atoms. The van der Waals surface area contributed by atoms with E-state index in [0.717, 1.165) is 55.4 Å². The van der Waals surface area contributed by atoms with Gasteiger partial charge in [-0.1, -0.05) is 18.6 Å². The molecule has 1 aliphatic rings. The fourth-order valence-electron chi connectivity index (χ4n) is 3.58. The van der Waals surface area contributed by atoms with Crippen LogP contribution in [0.25, 0.3) is 11.0 Å². The van der Waals surface area contributed by atoms with Gasteiger partial charge >= 0.3 is 0 Å². The van der Waals surface area contributed by atoms with Gasteiger partial charge in [0.15, 0.2) is 5.78 Å². The molecule has 6 heteroatoms. The molecule has 1 aromatic heterocycles. The van der Waals surface area contributed by atoms with Gasteiger partial charge in [0, 0.05) is 19.6 Å². The standard InChI is InChI=1S/C21H29N3O3/c1-15(16(2)25)24-18-10-6-5-9-17(18)23-20(24)12-4-3-7-13-22-21(26)19-11-8-14-27-19/h5-6,9-10,15,19H,3-4,7-8,11-14H2,1-2H3,(H,22,26). The number of carbonyl (C=O) groups excluding carboxylic acids is 2. The first-order chi connectivity index (χ1) is 13.1. The van der Waals surface area contributed by atoms with E-state index in [4.69, 9.17) is 9.72 Å². The number of rotatable bonds is 9. The normalized spacial score (nSPS) is 17.9. The second-order valence-corrected chi connectivity index (χ2v) is 7.28. The van der Waals surface area contributed by atoms with Gasteiger partial charge in [0.05, 0.1) is 17.1 Å². The molecular formula is C21H29N3O3. The molecule has 6 nitrogen and oxygen atoms in total. The zero-order chi connectivity index (χ0) is 19.2. The lowest BCUT2D eigenvalue weighted by molar-refractivity contribution is -0.130. The van der Waals surface area contributed by atoms with E-state index in [1.165, 1.54) is 0 Å². The Balaban J connectivity index is 1.50. The molecule has 2 aromatic rings. The number of nitrogens with zero attached hydrogens (tertiary/aromatic N) is 2. The lowest BCUT2D eigenvalue weighted by Gasteiger charge is -2.15. The van der Waals surface area contributed by atoms with Crippen LogP contribution in [-0.4, -0.2) is 40.5 Å². The first-order valence-corrected chi connectivity index (χ1v) is 9.93. The number of ether oxygens (including phenoxy) is 1. The molecule has 27 heavy (non-hydrogen) atoms. The highest BCUT2D eigenvalue weighted by atomic mass is 16.5. The number of para-hydroxylation sites is 2. The van der Waals surface area contributed by atoms with Crippen LogP contribution in [0.15, 0.2) is 24.3 Å². The summed E-state index contributed by atoms with van der Waals surface area (Å²) in [7, 11) is 0. The van der Waals surface area contributed by atoms with E-state index in [0.29, 0.717) is 13.2 Å². The Hall–Kier alpha value is -2.21. The number of amides is 1. The van der Waals surface area contributed by atoms with Crippen LogP contribution < -0.4 is 5.32 Å². The first-order valence-electron chi connectivity index (χ1n) is 9.93. The van der Waals surface area contributed by atoms with Crippen LogP contribution in [0.3, 0.4) is 0 Å². The third-order valence-electron chi connectivity index (χ3n) is 5.24. The summed E-state index contributed by atoms with van der Waals surface area (Å²) in [5, 5.41) is 2.96. The summed E-state index contributed by atoms with van der Waals surface area (Å²) in [6.07, 6.45) is 5.28. The molecule has 2 unspecified atom stereocenters. The number of carbonyl (C=O) groups is 2. The second-order valence-electron chi connectivity index (χ2n) is 7.28. The Morgan fingerprint density at radius 2 is 2.11 bits per heavy atom. The van der Waals surface area contributed by atoms with Gasteiger partial charge in [-0.2, -0.15) is 0 Å². The largest absolute Gasteiger partial charge is 0.368 e. The van der Waals surface area contributed by atoms with Crippen molar-refractivity contribution in [1.29, 1.82) is 0 Å². The van der Waals surface area contributed by atoms with Crippen LogP contribution >= 0.6 is 0 Å². The van der Waals surface area contributed by atoms with Crippen molar-refractivity contribution in [2.24, 2.45) is 0 Å². The number of benzene rings is 1. The third-order valence-corrected chi connectivity index (χ3v) is 5.24. The van der Waals surface area contributed by atoms with Crippen LogP contribution in [0.2, 0.25) is 0 Å². The molecule has 1 saturated heterocycles. The molecule has 0 saturated carbocycles. The summed E-state index contributed by atoms with van der Waals surface area (Å²) in [6, 6.07) is 7.75. The SMILES string of the molecule is CC(=O)C(C)n1c(CCCCCNC(=O)C2CCCO2)nc2ccccc21. The summed E-state index contributed by atoms with van der Waals surface area (Å²) < 4.78 is 7.45. The van der Waals surface area contributed by atoms with Crippen LogP contribution in [0, 0.1) is 0 Å². The highest BCUT2D eigenvalue weighted by molar-refractivity contribution is 5.84. The fourth-order valence-corrected chi connectivity index (χ4v) is 3.58. The van der Waals surface area contributed by atoms with E-state index in [1.54, 1.807) is 6.92 Å². The maximum absolute atomic E-state index is 11.9. The number of Topliss-reactive ketones (excluding diaryl/α,β-unsaturated/α-hetero) is 1. The molecule has 1 N–H and O–H groups in total. The molecule has 2 heterocycles. The smallest absolute Gasteiger partial charge is 0.249 e. The monoisotopic (exact) mass is 371 g/mol. The zero-order valence-electron chi connectivity index (χ0n) is 16.2. The lowest BCUT2D eigenvalue weighted by atomic mass is 10.1. The molecule has 2 atom stereocenters. The van der Waals surface area contributed by atoms with Crippen LogP contribution in [-0.2, 0) is 20.7 Å². The molecule has 1 aliphatic heterocycles. The third kappa shape index (κ3) is 4.75. The van der Waals surface area contributed by atoms with Crippen molar-refractivity contribution in [3.05, 3.63) is 30.1 Å². The minimum absolute atomic E-state index is 0.0181. The van der Waals surface area contributed by atoms with Gasteiger partial charge in [0.25, 0.3) is 0 Å². The van der Waals surface area contributed by atoms with Crippen molar-refractivity contribution in [3.63, 3.8) is 0 Å². The maximum atomic E-state index is 11.9. The predicted octanol–water partition coefficient (Wildman–Crippen LogP) is 3.19. The van der Waals surface area contributed by atoms with Crippen molar-refractivity contribution < 1.29 is 14.3 Å². The van der Waals surface area contributed by atoms with Crippen LogP contribution in [0.5, 0.6) is 0 Å². The molecular weight excluding hydrogens is 342 g/mol. The summed E-state index contributed by atoms with van der Waals surface area (Å²) in [5.74, 6) is 1.11. The highest BCUT2D eigenvalue weighted by Crippen LogP contribution is 2.23. The average molecular weight is 371 g/mol. The van der Waals surface area contributed by atoms with Gasteiger partial charge in [0.2, 0.25) is 5.91 Å². The highest BCUT2D eigenvalue weighted by Gasteiger charge is 2.23. The Kier molecular flexibility index (Phi) is 6.61. The zero-order valence-corrected chi connectivity index (χ0v) is 16.2. The van der Waals surface area contributed by atoms with E-state index < -0.39 is 0 Å². The number of imidazole rings is 1. The summed E-state index contributed by atoms with van der Waals surface area (Å²) in [5.41, 5.74) is 1.95. The minimum atomic E-state index is -0.252. The second kappa shape index (κ2) is 9.13. The van der Waals surface area contributed by atoms with E-state index in [2.05, 4.69) is 9.88 Å². The molecule has 0 aliphatic carbocycles. The van der Waals surface area contributed by atoms with E-state index in [1.807, 2.05) is 31.2 Å². The molecule has 1 fully saturated rings. The van der Waals surface area contributed by atoms with Crippen molar-refractivity contribution in [2.75, 3.05) is 13.2 Å². The number of fused-ring (bicyclic) bond motifs is 1. The molecule has 0 radical (unpaired) electrons. The van der Waals surface area contributed by atoms with E-state index >= 15 is 0 Å². The van der Waals surface area contributed by atoms with Crippen molar-refractivity contribution in [2.45, 2.75) is 64.5 Å². The minimum Gasteiger partial charge on any atom is -0.368 e. The quantitative estimate of drug-likeness (QED) is 0.687. The number of aromatic nitrogens is 2. The average Bonchev–Trinajstić information content (AvgIpc) is 3.31. The Morgan fingerprint density at radius 3 is 2.85 bits per heavy atom. The molecule has 0 bridgehead atoms. The number of hydrogen-bond acceptors (Lipinski definition) is 4. The topological polar surface area (TPSA) is 73.2 Å². The van der Waals surface area contributed by atoms with Crippen molar-refractivity contribution in [3.8, 4) is 0 Å². The molecule has 1 aromatic carbocycles. The summed E-state index contributed by atoms with van der Waals surface area (Å²) in [6.45, 7) is 4.93. The Morgan fingerprint density at radius 1 is 1.30 bits per heavy atom. The summed E-state index contributed by atoms with van der Waals surface area (Å²) in [4.78, 5) is 28.6. The Labute approximate surface area is 160 Å². The van der Waals surface area contributed by atoms with Gasteiger partial charge in [-0.05, 0) is 51.7 Å². The fraction of sp³-hybridized carbons (Fsp3) is 0.571. The molecule has 146 valence electrons. The van der Waals surface area contributed by atoms with Gasteiger partial charge in [-0.3, -0.25) is 9.59 Å². The van der Waals surface area contributed by atoms with Crippen LogP contribution in [0.4, 0.5) is 0 Å².